The van der Waals surface area contributed by atoms with E-state index in [0.29, 0.717) is 6.04 Å². The van der Waals surface area contributed by atoms with Gasteiger partial charge in [0.1, 0.15) is 0 Å². The SMILES string of the molecule is CC(C)(C)c1ncc(CNC[C@@H]2CCCN2c2cccnn2)s1. The number of nitrogens with one attached hydrogen (secondary N) is 1. The lowest BCUT2D eigenvalue weighted by Gasteiger charge is -2.25. The maximum Gasteiger partial charge on any atom is 0.151 e. The van der Waals surface area contributed by atoms with Gasteiger partial charge in [0.2, 0.25) is 0 Å². The number of hydrogen-bond donors (Lipinski definition) is 1. The van der Waals surface area contributed by atoms with Gasteiger partial charge < -0.3 is 10.2 Å². The lowest BCUT2D eigenvalue weighted by atomic mass is 9.98. The van der Waals surface area contributed by atoms with Crippen LogP contribution in [-0.4, -0.2) is 34.3 Å². The van der Waals surface area contributed by atoms with E-state index in [0.717, 1.165) is 25.5 Å². The summed E-state index contributed by atoms with van der Waals surface area (Å²) in [6.45, 7) is 9.55. The molecule has 0 spiro atoms. The molecule has 1 aliphatic rings. The van der Waals surface area contributed by atoms with Crippen molar-refractivity contribution in [3.8, 4) is 0 Å². The zero-order valence-corrected chi connectivity index (χ0v) is 14.9. The fraction of sp³-hybridized carbons (Fsp3) is 0.588. The Bertz CT molecular complexity index is 619. The second kappa shape index (κ2) is 6.93. The summed E-state index contributed by atoms with van der Waals surface area (Å²) in [6, 6.07) is 4.50. The zero-order valence-electron chi connectivity index (χ0n) is 14.1. The molecular formula is C17H25N5S. The maximum absolute atomic E-state index is 4.55. The first-order valence-electron chi connectivity index (χ1n) is 8.24. The van der Waals surface area contributed by atoms with Crippen molar-refractivity contribution in [3.63, 3.8) is 0 Å². The van der Waals surface area contributed by atoms with E-state index in [-0.39, 0.29) is 5.41 Å². The van der Waals surface area contributed by atoms with Gasteiger partial charge in [0, 0.05) is 48.4 Å². The standard InChI is InChI=1S/C17H25N5S/c1-17(2,3)16-19-12-14(23-16)11-18-10-13-6-5-9-22(13)15-7-4-8-20-21-15/h4,7-8,12-13,18H,5-6,9-11H2,1-3H3/t13-/m0/s1. The molecule has 2 aromatic heterocycles. The molecule has 0 unspecified atom stereocenters. The van der Waals surface area contributed by atoms with Gasteiger partial charge in [-0.2, -0.15) is 5.10 Å². The molecule has 1 fully saturated rings. The quantitative estimate of drug-likeness (QED) is 0.913. The molecule has 6 heteroatoms. The van der Waals surface area contributed by atoms with Gasteiger partial charge in [-0.3, -0.25) is 0 Å². The van der Waals surface area contributed by atoms with E-state index in [2.05, 4.69) is 46.2 Å². The average Bonchev–Trinajstić information content (AvgIpc) is 3.17. The Kier molecular flexibility index (Phi) is 4.92. The number of anilines is 1. The first-order valence-corrected chi connectivity index (χ1v) is 9.06. The minimum Gasteiger partial charge on any atom is -0.351 e. The minimum atomic E-state index is 0.136. The van der Waals surface area contributed by atoms with Crippen LogP contribution in [0.4, 0.5) is 5.82 Å². The van der Waals surface area contributed by atoms with Crippen LogP contribution in [0.2, 0.25) is 0 Å². The highest BCUT2D eigenvalue weighted by molar-refractivity contribution is 7.11. The Balaban J connectivity index is 1.53. The smallest absolute Gasteiger partial charge is 0.151 e. The molecule has 3 rings (SSSR count). The molecule has 1 N–H and O–H groups in total. The Morgan fingerprint density at radius 3 is 2.96 bits per heavy atom. The number of hydrogen-bond acceptors (Lipinski definition) is 6. The van der Waals surface area contributed by atoms with E-state index in [1.807, 2.05) is 29.7 Å². The molecule has 23 heavy (non-hydrogen) atoms. The van der Waals surface area contributed by atoms with Crippen LogP contribution >= 0.6 is 11.3 Å². The summed E-state index contributed by atoms with van der Waals surface area (Å²) in [7, 11) is 0. The number of nitrogens with zero attached hydrogens (tertiary/aromatic N) is 4. The normalized spacial score (nSPS) is 18.6. The van der Waals surface area contributed by atoms with E-state index >= 15 is 0 Å². The Morgan fingerprint density at radius 1 is 1.39 bits per heavy atom. The second-order valence-corrected chi connectivity index (χ2v) is 8.20. The highest BCUT2D eigenvalue weighted by atomic mass is 32.1. The van der Waals surface area contributed by atoms with Gasteiger partial charge in [-0.15, -0.1) is 16.4 Å². The first kappa shape index (κ1) is 16.3. The molecule has 5 nitrogen and oxygen atoms in total. The van der Waals surface area contributed by atoms with E-state index in [1.54, 1.807) is 6.20 Å². The van der Waals surface area contributed by atoms with Crippen molar-refractivity contribution in [2.45, 2.75) is 51.6 Å². The topological polar surface area (TPSA) is 53.9 Å². The first-order chi connectivity index (χ1) is 11.0. The van der Waals surface area contributed by atoms with Crippen molar-refractivity contribution in [2.24, 2.45) is 0 Å². The van der Waals surface area contributed by atoms with Gasteiger partial charge in [-0.1, -0.05) is 20.8 Å². The van der Waals surface area contributed by atoms with Gasteiger partial charge in [-0.25, -0.2) is 4.98 Å². The molecule has 0 aromatic carbocycles. The lowest BCUT2D eigenvalue weighted by molar-refractivity contribution is 0.571. The predicted octanol–water partition coefficient (Wildman–Crippen LogP) is 2.99. The van der Waals surface area contributed by atoms with E-state index in [1.165, 1.54) is 22.7 Å². The van der Waals surface area contributed by atoms with Crippen LogP contribution in [0.15, 0.2) is 24.5 Å². The summed E-state index contributed by atoms with van der Waals surface area (Å²) >= 11 is 1.81. The molecule has 0 aliphatic carbocycles. The van der Waals surface area contributed by atoms with Crippen molar-refractivity contribution >= 4 is 17.2 Å². The fourth-order valence-electron chi connectivity index (χ4n) is 2.89. The number of thiazole rings is 1. The molecule has 0 radical (unpaired) electrons. The highest BCUT2D eigenvalue weighted by Crippen LogP contribution is 2.27. The molecule has 3 heterocycles. The van der Waals surface area contributed by atoms with Crippen LogP contribution in [0, 0.1) is 0 Å². The van der Waals surface area contributed by atoms with Gasteiger partial charge in [0.15, 0.2) is 5.82 Å². The minimum absolute atomic E-state index is 0.136. The molecular weight excluding hydrogens is 306 g/mol. The molecule has 0 bridgehead atoms. The van der Waals surface area contributed by atoms with Gasteiger partial charge in [0.25, 0.3) is 0 Å². The third-order valence-corrected chi connectivity index (χ3v) is 5.53. The summed E-state index contributed by atoms with van der Waals surface area (Å²) in [5.41, 5.74) is 0.136. The summed E-state index contributed by atoms with van der Waals surface area (Å²) in [5, 5.41) is 13.0. The third kappa shape index (κ3) is 4.06. The summed E-state index contributed by atoms with van der Waals surface area (Å²) in [6.07, 6.45) is 6.16. The molecule has 1 aliphatic heterocycles. The second-order valence-electron chi connectivity index (χ2n) is 7.08. The average molecular weight is 331 g/mol. The van der Waals surface area contributed by atoms with Crippen LogP contribution in [0.3, 0.4) is 0 Å². The summed E-state index contributed by atoms with van der Waals surface area (Å²) in [5.74, 6) is 0.990. The van der Waals surface area contributed by atoms with Crippen molar-refractivity contribution in [1.82, 2.24) is 20.5 Å². The maximum atomic E-state index is 4.55. The number of rotatable bonds is 5. The van der Waals surface area contributed by atoms with E-state index in [4.69, 9.17) is 0 Å². The molecule has 124 valence electrons. The van der Waals surface area contributed by atoms with Crippen LogP contribution in [0.25, 0.3) is 0 Å². The van der Waals surface area contributed by atoms with Crippen LogP contribution in [-0.2, 0) is 12.0 Å². The van der Waals surface area contributed by atoms with Crippen molar-refractivity contribution in [2.75, 3.05) is 18.0 Å². The van der Waals surface area contributed by atoms with Gasteiger partial charge >= 0.3 is 0 Å². The van der Waals surface area contributed by atoms with Crippen LogP contribution in [0.5, 0.6) is 0 Å². The zero-order chi connectivity index (χ0) is 16.3. The van der Waals surface area contributed by atoms with Gasteiger partial charge in [-0.05, 0) is 25.0 Å². The van der Waals surface area contributed by atoms with Gasteiger partial charge in [0.05, 0.1) is 5.01 Å². The molecule has 1 saturated heterocycles. The largest absolute Gasteiger partial charge is 0.351 e. The lowest BCUT2D eigenvalue weighted by Crippen LogP contribution is -2.38. The van der Waals surface area contributed by atoms with Crippen molar-refractivity contribution in [3.05, 3.63) is 34.4 Å². The summed E-state index contributed by atoms with van der Waals surface area (Å²) in [4.78, 5) is 8.22. The Morgan fingerprint density at radius 2 is 2.26 bits per heavy atom. The molecule has 0 saturated carbocycles. The van der Waals surface area contributed by atoms with Crippen molar-refractivity contribution < 1.29 is 0 Å². The molecule has 1 atom stereocenters. The highest BCUT2D eigenvalue weighted by Gasteiger charge is 2.25. The fourth-order valence-corrected chi connectivity index (χ4v) is 3.83. The Labute approximate surface area is 142 Å². The summed E-state index contributed by atoms with van der Waals surface area (Å²) < 4.78 is 0. The molecule has 0 amide bonds. The van der Waals surface area contributed by atoms with Crippen LogP contribution in [0.1, 0.15) is 43.5 Å². The third-order valence-electron chi connectivity index (χ3n) is 4.10. The Hall–Kier alpha value is -1.53. The predicted molar refractivity (Wildman–Crippen MR) is 94.9 cm³/mol. The number of aromatic nitrogens is 3. The van der Waals surface area contributed by atoms with E-state index < -0.39 is 0 Å². The monoisotopic (exact) mass is 331 g/mol. The van der Waals surface area contributed by atoms with Crippen molar-refractivity contribution in [1.29, 1.82) is 0 Å². The van der Waals surface area contributed by atoms with E-state index in [9.17, 15) is 0 Å². The van der Waals surface area contributed by atoms with Crippen LogP contribution < -0.4 is 10.2 Å². The molecule has 2 aromatic rings.